The lowest BCUT2D eigenvalue weighted by Crippen LogP contribution is -2.36. The van der Waals surface area contributed by atoms with E-state index in [1.54, 1.807) is 21.7 Å². The highest BCUT2D eigenvalue weighted by Gasteiger charge is 2.24. The Morgan fingerprint density at radius 1 is 1.19 bits per heavy atom. The topological polar surface area (TPSA) is 63.9 Å². The zero-order chi connectivity index (χ0) is 18.5. The molecule has 8 heteroatoms. The number of carbonyl (C=O) groups is 1. The van der Waals surface area contributed by atoms with Crippen LogP contribution in [-0.4, -0.2) is 37.9 Å². The summed E-state index contributed by atoms with van der Waals surface area (Å²) in [6, 6.07) is 16.8. The van der Waals surface area contributed by atoms with E-state index in [1.807, 2.05) is 56.3 Å². The van der Waals surface area contributed by atoms with Gasteiger partial charge < -0.3 is 4.90 Å². The van der Waals surface area contributed by atoms with Gasteiger partial charge in [0.15, 0.2) is 0 Å². The summed E-state index contributed by atoms with van der Waals surface area (Å²) in [5.41, 5.74) is 1.67. The molecule has 1 heterocycles. The molecule has 2 aromatic carbocycles. The molecule has 0 aliphatic rings. The lowest BCUT2D eigenvalue weighted by atomic mass is 10.2. The normalized spacial score (nSPS) is 12.0. The van der Waals surface area contributed by atoms with E-state index in [4.69, 9.17) is 11.6 Å². The molecule has 6 nitrogen and oxygen atoms in total. The molecule has 0 N–H and O–H groups in total. The van der Waals surface area contributed by atoms with Gasteiger partial charge in [0.1, 0.15) is 0 Å². The molecule has 26 heavy (non-hydrogen) atoms. The number of amides is 1. The summed E-state index contributed by atoms with van der Waals surface area (Å²) < 4.78 is 1.60. The van der Waals surface area contributed by atoms with Gasteiger partial charge in [-0.15, -0.1) is 5.10 Å². The lowest BCUT2D eigenvalue weighted by Gasteiger charge is -2.24. The molecule has 0 spiro atoms. The first-order chi connectivity index (χ1) is 12.6. The number of para-hydroxylation sites is 1. The fourth-order valence-electron chi connectivity index (χ4n) is 2.50. The number of benzene rings is 2. The Labute approximate surface area is 161 Å². The first-order valence-electron chi connectivity index (χ1n) is 8.17. The molecule has 0 bridgehead atoms. The molecule has 1 atom stereocenters. The van der Waals surface area contributed by atoms with Crippen molar-refractivity contribution in [2.24, 2.45) is 0 Å². The van der Waals surface area contributed by atoms with Gasteiger partial charge in [0.2, 0.25) is 11.1 Å². The maximum Gasteiger partial charge on any atom is 0.240 e. The Morgan fingerprint density at radius 2 is 1.88 bits per heavy atom. The molecule has 1 aromatic heterocycles. The number of halogens is 1. The van der Waals surface area contributed by atoms with E-state index < -0.39 is 0 Å². The van der Waals surface area contributed by atoms with Crippen molar-refractivity contribution in [2.75, 3.05) is 11.4 Å². The third kappa shape index (κ3) is 4.05. The van der Waals surface area contributed by atoms with Gasteiger partial charge in [-0.1, -0.05) is 41.6 Å². The Morgan fingerprint density at radius 3 is 2.54 bits per heavy atom. The second-order valence-corrected chi connectivity index (χ2v) is 7.27. The van der Waals surface area contributed by atoms with Crippen molar-refractivity contribution in [3.8, 4) is 5.69 Å². The monoisotopic (exact) mass is 387 g/mol. The van der Waals surface area contributed by atoms with Crippen LogP contribution in [0.3, 0.4) is 0 Å². The summed E-state index contributed by atoms with van der Waals surface area (Å²) in [7, 11) is 0. The van der Waals surface area contributed by atoms with Crippen molar-refractivity contribution in [1.82, 2.24) is 20.2 Å². The predicted molar refractivity (Wildman–Crippen MR) is 104 cm³/mol. The molecular formula is C18H18ClN5OS. The van der Waals surface area contributed by atoms with Crippen LogP contribution in [0.1, 0.15) is 13.8 Å². The average molecular weight is 388 g/mol. The standard InChI is InChI=1S/C18H18ClN5OS/c1-3-23(15-7-5-4-6-8-15)17(25)13(2)26-18-20-21-22-24(18)16-11-9-14(19)10-12-16/h4-13H,3H2,1-2H3/t13-/m0/s1. The third-order valence-corrected chi connectivity index (χ3v) is 5.06. The Balaban J connectivity index is 1.78. The number of hydrogen-bond acceptors (Lipinski definition) is 5. The van der Waals surface area contributed by atoms with Crippen LogP contribution in [0.25, 0.3) is 5.69 Å². The summed E-state index contributed by atoms with van der Waals surface area (Å²) in [5, 5.41) is 12.7. The van der Waals surface area contributed by atoms with E-state index in [0.717, 1.165) is 11.4 Å². The number of nitrogens with zero attached hydrogens (tertiary/aromatic N) is 5. The molecule has 0 saturated heterocycles. The minimum atomic E-state index is -0.341. The van der Waals surface area contributed by atoms with Crippen LogP contribution in [0.2, 0.25) is 5.02 Å². The van der Waals surface area contributed by atoms with Crippen LogP contribution in [0.4, 0.5) is 5.69 Å². The fourth-order valence-corrected chi connectivity index (χ4v) is 3.49. The van der Waals surface area contributed by atoms with E-state index in [1.165, 1.54) is 11.8 Å². The molecule has 0 unspecified atom stereocenters. The molecule has 134 valence electrons. The predicted octanol–water partition coefficient (Wildman–Crippen LogP) is 3.85. The summed E-state index contributed by atoms with van der Waals surface area (Å²) in [6.45, 7) is 4.41. The van der Waals surface area contributed by atoms with E-state index in [0.29, 0.717) is 16.7 Å². The Kier molecular flexibility index (Phi) is 5.90. The van der Waals surface area contributed by atoms with E-state index in [2.05, 4.69) is 15.5 Å². The zero-order valence-electron chi connectivity index (χ0n) is 14.4. The summed E-state index contributed by atoms with van der Waals surface area (Å²) in [4.78, 5) is 14.7. The summed E-state index contributed by atoms with van der Waals surface area (Å²) >= 11 is 7.26. The number of anilines is 1. The molecule has 3 rings (SSSR count). The van der Waals surface area contributed by atoms with Crippen LogP contribution in [0, 0.1) is 0 Å². The molecule has 3 aromatic rings. The first-order valence-corrected chi connectivity index (χ1v) is 9.43. The van der Waals surface area contributed by atoms with Crippen LogP contribution in [-0.2, 0) is 4.79 Å². The zero-order valence-corrected chi connectivity index (χ0v) is 16.0. The van der Waals surface area contributed by atoms with Crippen LogP contribution in [0.15, 0.2) is 59.8 Å². The number of tetrazole rings is 1. The van der Waals surface area contributed by atoms with Crippen LogP contribution < -0.4 is 4.90 Å². The highest BCUT2D eigenvalue weighted by Crippen LogP contribution is 2.26. The largest absolute Gasteiger partial charge is 0.312 e. The molecule has 0 radical (unpaired) electrons. The van der Waals surface area contributed by atoms with Gasteiger partial charge in [0.05, 0.1) is 10.9 Å². The van der Waals surface area contributed by atoms with Crippen molar-refractivity contribution in [3.05, 3.63) is 59.6 Å². The Bertz CT molecular complexity index is 869. The van der Waals surface area contributed by atoms with Gasteiger partial charge in [-0.05, 0) is 60.7 Å². The van der Waals surface area contributed by atoms with Crippen molar-refractivity contribution in [1.29, 1.82) is 0 Å². The number of thioether (sulfide) groups is 1. The average Bonchev–Trinajstić information content (AvgIpc) is 3.12. The highest BCUT2D eigenvalue weighted by atomic mass is 35.5. The van der Waals surface area contributed by atoms with E-state index >= 15 is 0 Å². The van der Waals surface area contributed by atoms with Gasteiger partial charge >= 0.3 is 0 Å². The van der Waals surface area contributed by atoms with Gasteiger partial charge in [0.25, 0.3) is 0 Å². The molecule has 0 aliphatic heterocycles. The van der Waals surface area contributed by atoms with Crippen molar-refractivity contribution in [3.63, 3.8) is 0 Å². The smallest absolute Gasteiger partial charge is 0.240 e. The minimum absolute atomic E-state index is 0.00866. The van der Waals surface area contributed by atoms with E-state index in [-0.39, 0.29) is 11.2 Å². The van der Waals surface area contributed by atoms with E-state index in [9.17, 15) is 4.79 Å². The number of carbonyl (C=O) groups excluding carboxylic acids is 1. The van der Waals surface area contributed by atoms with Crippen LogP contribution >= 0.6 is 23.4 Å². The Hall–Kier alpha value is -2.38. The second-order valence-electron chi connectivity index (χ2n) is 5.53. The SMILES string of the molecule is CCN(C(=O)[C@H](C)Sc1nnnn1-c1ccc(Cl)cc1)c1ccccc1. The van der Waals surface area contributed by atoms with Gasteiger partial charge in [-0.2, -0.15) is 4.68 Å². The maximum atomic E-state index is 12.9. The second kappa shape index (κ2) is 8.33. The van der Waals surface area contributed by atoms with Crippen molar-refractivity contribution in [2.45, 2.75) is 24.3 Å². The quantitative estimate of drug-likeness (QED) is 0.601. The molecule has 0 fully saturated rings. The molecule has 1 amide bonds. The maximum absolute atomic E-state index is 12.9. The van der Waals surface area contributed by atoms with Gasteiger partial charge in [-0.3, -0.25) is 4.79 Å². The van der Waals surface area contributed by atoms with Gasteiger partial charge in [0, 0.05) is 17.3 Å². The van der Waals surface area contributed by atoms with Crippen molar-refractivity contribution >= 4 is 35.0 Å². The summed E-state index contributed by atoms with van der Waals surface area (Å²) in [5.74, 6) is 0.00866. The van der Waals surface area contributed by atoms with Gasteiger partial charge in [-0.25, -0.2) is 0 Å². The highest BCUT2D eigenvalue weighted by molar-refractivity contribution is 8.00. The minimum Gasteiger partial charge on any atom is -0.312 e. The molecule has 0 saturated carbocycles. The lowest BCUT2D eigenvalue weighted by molar-refractivity contribution is -0.117. The first kappa shape index (κ1) is 18.4. The molecule has 0 aliphatic carbocycles. The van der Waals surface area contributed by atoms with Crippen molar-refractivity contribution < 1.29 is 4.79 Å². The summed E-state index contributed by atoms with van der Waals surface area (Å²) in [6.07, 6.45) is 0. The third-order valence-electron chi connectivity index (χ3n) is 3.79. The number of rotatable bonds is 6. The number of aromatic nitrogens is 4. The van der Waals surface area contributed by atoms with Crippen LogP contribution in [0.5, 0.6) is 0 Å². The number of hydrogen-bond donors (Lipinski definition) is 0. The fraction of sp³-hybridized carbons (Fsp3) is 0.222. The molecular weight excluding hydrogens is 370 g/mol.